The van der Waals surface area contributed by atoms with E-state index in [0.29, 0.717) is 0 Å². The Bertz CT molecular complexity index is 241. The van der Waals surface area contributed by atoms with Crippen LogP contribution in [0.25, 0.3) is 0 Å². The second-order valence-corrected chi connectivity index (χ2v) is 2.30. The molecule has 1 aromatic carbocycles. The first-order chi connectivity index (χ1) is 4.97. The van der Waals surface area contributed by atoms with Crippen LogP contribution in [0.15, 0.2) is 36.6 Å². The standard InChI is InChI=1S/C9H8O.Pd/c1-2-6-9-8(4-1)5-3-7-10-9;/h1-4,6-7H,5H2;. The molecule has 0 aromatic heterocycles. The molecule has 0 saturated carbocycles. The fourth-order valence-electron chi connectivity index (χ4n) is 1.08. The zero-order valence-electron chi connectivity index (χ0n) is 5.90. The van der Waals surface area contributed by atoms with E-state index >= 15 is 0 Å². The summed E-state index contributed by atoms with van der Waals surface area (Å²) in [5, 5.41) is 0. The topological polar surface area (TPSA) is 9.23 Å². The van der Waals surface area contributed by atoms with Gasteiger partial charge in [0.2, 0.25) is 0 Å². The molecule has 0 bridgehead atoms. The Hall–Kier alpha value is -0.578. The van der Waals surface area contributed by atoms with E-state index in [0.717, 1.165) is 12.2 Å². The van der Waals surface area contributed by atoms with E-state index in [4.69, 9.17) is 4.74 Å². The maximum atomic E-state index is 5.24. The van der Waals surface area contributed by atoms with Gasteiger partial charge >= 0.3 is 0 Å². The zero-order chi connectivity index (χ0) is 6.81. The number of benzene rings is 1. The van der Waals surface area contributed by atoms with Gasteiger partial charge in [-0.25, -0.2) is 0 Å². The normalized spacial score (nSPS) is 12.7. The SMILES string of the molecule is C1=COc2ccccc2C1.[Pd]. The average molecular weight is 239 g/mol. The first-order valence-electron chi connectivity index (χ1n) is 3.36. The first kappa shape index (κ1) is 8.52. The van der Waals surface area contributed by atoms with Gasteiger partial charge in [0.25, 0.3) is 0 Å². The van der Waals surface area contributed by atoms with E-state index in [9.17, 15) is 0 Å². The quantitative estimate of drug-likeness (QED) is 0.629. The van der Waals surface area contributed by atoms with Crippen LogP contribution in [-0.2, 0) is 26.8 Å². The second kappa shape index (κ2) is 3.71. The Morgan fingerprint density at radius 1 is 1.18 bits per heavy atom. The van der Waals surface area contributed by atoms with Crippen molar-refractivity contribution >= 4 is 0 Å². The van der Waals surface area contributed by atoms with Crippen LogP contribution in [0, 0.1) is 0 Å². The minimum atomic E-state index is 0. The number of allylic oxidation sites excluding steroid dienone is 1. The summed E-state index contributed by atoms with van der Waals surface area (Å²) in [4.78, 5) is 0. The van der Waals surface area contributed by atoms with Crippen LogP contribution in [0.3, 0.4) is 0 Å². The molecule has 1 aliphatic rings. The Kier molecular flexibility index (Phi) is 2.87. The maximum Gasteiger partial charge on any atom is 0.130 e. The third kappa shape index (κ3) is 1.71. The van der Waals surface area contributed by atoms with Gasteiger partial charge in [0.15, 0.2) is 0 Å². The molecule has 60 valence electrons. The van der Waals surface area contributed by atoms with Crippen molar-refractivity contribution in [2.75, 3.05) is 0 Å². The monoisotopic (exact) mass is 238 g/mol. The molecule has 1 aliphatic heterocycles. The molecule has 1 aromatic rings. The summed E-state index contributed by atoms with van der Waals surface area (Å²) >= 11 is 0. The van der Waals surface area contributed by atoms with Gasteiger partial charge < -0.3 is 4.74 Å². The van der Waals surface area contributed by atoms with Crippen molar-refractivity contribution in [1.29, 1.82) is 0 Å². The fraction of sp³-hybridized carbons (Fsp3) is 0.111. The van der Waals surface area contributed by atoms with Crippen LogP contribution < -0.4 is 4.74 Å². The Balaban J connectivity index is 0.000000605. The van der Waals surface area contributed by atoms with Gasteiger partial charge in [0.1, 0.15) is 5.75 Å². The molecule has 0 radical (unpaired) electrons. The van der Waals surface area contributed by atoms with E-state index in [-0.39, 0.29) is 20.4 Å². The van der Waals surface area contributed by atoms with Crippen LogP contribution >= 0.6 is 0 Å². The van der Waals surface area contributed by atoms with Gasteiger partial charge in [-0.05, 0) is 24.1 Å². The minimum absolute atomic E-state index is 0. The van der Waals surface area contributed by atoms with E-state index in [1.807, 2.05) is 24.3 Å². The van der Waals surface area contributed by atoms with Crippen LogP contribution in [0.1, 0.15) is 5.56 Å². The molecule has 0 fully saturated rings. The molecule has 0 N–H and O–H groups in total. The summed E-state index contributed by atoms with van der Waals surface area (Å²) in [5.74, 6) is 0.991. The molecule has 11 heavy (non-hydrogen) atoms. The molecule has 0 aliphatic carbocycles. The Labute approximate surface area is 79.7 Å². The van der Waals surface area contributed by atoms with Crippen molar-refractivity contribution in [3.05, 3.63) is 42.2 Å². The van der Waals surface area contributed by atoms with Crippen molar-refractivity contribution in [3.8, 4) is 5.75 Å². The van der Waals surface area contributed by atoms with Crippen LogP contribution in [-0.4, -0.2) is 0 Å². The molecule has 0 atom stereocenters. The number of fused-ring (bicyclic) bond motifs is 1. The van der Waals surface area contributed by atoms with Gasteiger partial charge in [-0.15, -0.1) is 0 Å². The number of hydrogen-bond acceptors (Lipinski definition) is 1. The van der Waals surface area contributed by atoms with Crippen LogP contribution in [0.2, 0.25) is 0 Å². The van der Waals surface area contributed by atoms with Gasteiger partial charge in [0.05, 0.1) is 6.26 Å². The van der Waals surface area contributed by atoms with Crippen molar-refractivity contribution in [3.63, 3.8) is 0 Å². The van der Waals surface area contributed by atoms with Crippen LogP contribution in [0.5, 0.6) is 5.75 Å². The molecule has 2 rings (SSSR count). The van der Waals surface area contributed by atoms with Crippen molar-refractivity contribution < 1.29 is 25.2 Å². The summed E-state index contributed by atoms with van der Waals surface area (Å²) < 4.78 is 5.24. The van der Waals surface area contributed by atoms with Crippen LogP contribution in [0.4, 0.5) is 0 Å². The number of hydrogen-bond donors (Lipinski definition) is 0. The van der Waals surface area contributed by atoms with Crippen molar-refractivity contribution in [1.82, 2.24) is 0 Å². The van der Waals surface area contributed by atoms with Crippen molar-refractivity contribution in [2.24, 2.45) is 0 Å². The molecular weight excluding hydrogens is 231 g/mol. The second-order valence-electron chi connectivity index (χ2n) is 2.30. The number of para-hydroxylation sites is 1. The molecule has 1 heterocycles. The molecule has 0 unspecified atom stereocenters. The average Bonchev–Trinajstić information content (AvgIpc) is 2.05. The molecule has 0 saturated heterocycles. The summed E-state index contributed by atoms with van der Waals surface area (Å²) in [6.45, 7) is 0. The fourth-order valence-corrected chi connectivity index (χ4v) is 1.08. The predicted molar refractivity (Wildman–Crippen MR) is 39.9 cm³/mol. The molecule has 0 amide bonds. The number of rotatable bonds is 0. The molecule has 0 spiro atoms. The summed E-state index contributed by atoms with van der Waals surface area (Å²) in [6.07, 6.45) is 4.75. The third-order valence-electron chi connectivity index (χ3n) is 1.60. The van der Waals surface area contributed by atoms with Gasteiger partial charge in [-0.2, -0.15) is 0 Å². The van der Waals surface area contributed by atoms with E-state index in [1.54, 1.807) is 6.26 Å². The Morgan fingerprint density at radius 2 is 2.00 bits per heavy atom. The number of ether oxygens (including phenoxy) is 1. The van der Waals surface area contributed by atoms with Crippen molar-refractivity contribution in [2.45, 2.75) is 6.42 Å². The minimum Gasteiger partial charge on any atom is -0.465 e. The molecule has 1 nitrogen and oxygen atoms in total. The molecule has 2 heteroatoms. The van der Waals surface area contributed by atoms with Gasteiger partial charge in [-0.1, -0.05) is 18.2 Å². The zero-order valence-corrected chi connectivity index (χ0v) is 7.45. The van der Waals surface area contributed by atoms with Gasteiger partial charge in [0, 0.05) is 20.4 Å². The maximum absolute atomic E-state index is 5.24. The summed E-state index contributed by atoms with van der Waals surface area (Å²) in [6, 6.07) is 8.08. The Morgan fingerprint density at radius 3 is 2.82 bits per heavy atom. The smallest absolute Gasteiger partial charge is 0.130 e. The van der Waals surface area contributed by atoms with E-state index in [1.165, 1.54) is 5.56 Å². The molecular formula is C9H8OPd. The third-order valence-corrected chi connectivity index (χ3v) is 1.60. The predicted octanol–water partition coefficient (Wildman–Crippen LogP) is 2.13. The summed E-state index contributed by atoms with van der Waals surface area (Å²) in [7, 11) is 0. The van der Waals surface area contributed by atoms with E-state index < -0.39 is 0 Å². The van der Waals surface area contributed by atoms with Gasteiger partial charge in [-0.3, -0.25) is 0 Å². The first-order valence-corrected chi connectivity index (χ1v) is 3.36. The summed E-state index contributed by atoms with van der Waals surface area (Å²) in [5.41, 5.74) is 1.27. The largest absolute Gasteiger partial charge is 0.465 e. The van der Waals surface area contributed by atoms with E-state index in [2.05, 4.69) is 6.07 Å².